The molecule has 0 spiro atoms. The zero-order chi connectivity index (χ0) is 19.2. The summed E-state index contributed by atoms with van der Waals surface area (Å²) >= 11 is 0. The fourth-order valence-electron chi connectivity index (χ4n) is 3.16. The Morgan fingerprint density at radius 3 is 2.11 bits per heavy atom. The van der Waals surface area contributed by atoms with Gasteiger partial charge in [-0.15, -0.1) is 0 Å². The van der Waals surface area contributed by atoms with E-state index in [4.69, 9.17) is 0 Å². The number of nitrogens with one attached hydrogen (secondary N) is 1. The van der Waals surface area contributed by atoms with Gasteiger partial charge in [0.25, 0.3) is 11.8 Å². The lowest BCUT2D eigenvalue weighted by molar-refractivity contribution is 0.0746. The van der Waals surface area contributed by atoms with Crippen LogP contribution >= 0.6 is 0 Å². The Bertz CT molecular complexity index is 766. The normalized spacial score (nSPS) is 15.3. The summed E-state index contributed by atoms with van der Waals surface area (Å²) in [5.74, 6) is -0.0728. The number of anilines is 1. The second kappa shape index (κ2) is 8.71. The third kappa shape index (κ3) is 4.67. The molecule has 2 aromatic rings. The van der Waals surface area contributed by atoms with Crippen molar-refractivity contribution in [2.75, 3.05) is 31.1 Å². The van der Waals surface area contributed by atoms with E-state index < -0.39 is 0 Å². The Balaban J connectivity index is 1.58. The van der Waals surface area contributed by atoms with Crippen molar-refractivity contribution < 1.29 is 9.59 Å². The monoisotopic (exact) mass is 365 g/mol. The summed E-state index contributed by atoms with van der Waals surface area (Å²) < 4.78 is 0. The van der Waals surface area contributed by atoms with Crippen molar-refractivity contribution in [2.45, 2.75) is 26.3 Å². The molecule has 1 atom stereocenters. The molecule has 1 saturated heterocycles. The minimum atomic E-state index is -0.0974. The molecule has 0 saturated carbocycles. The number of carbonyl (C=O) groups is 2. The maximum absolute atomic E-state index is 12.8. The minimum absolute atomic E-state index is 0.0246. The van der Waals surface area contributed by atoms with Gasteiger partial charge in [-0.2, -0.15) is 0 Å². The van der Waals surface area contributed by atoms with Crippen molar-refractivity contribution in [1.29, 1.82) is 0 Å². The lowest BCUT2D eigenvalue weighted by atomic mass is 10.1. The summed E-state index contributed by atoms with van der Waals surface area (Å²) in [5, 5.41) is 2.94. The van der Waals surface area contributed by atoms with E-state index in [9.17, 15) is 9.59 Å². The summed E-state index contributed by atoms with van der Waals surface area (Å²) in [4.78, 5) is 29.1. The molecule has 1 aliphatic rings. The molecule has 2 aromatic carbocycles. The number of amides is 2. The zero-order valence-electron chi connectivity index (χ0n) is 16.0. The van der Waals surface area contributed by atoms with Crippen LogP contribution in [0.15, 0.2) is 54.6 Å². The van der Waals surface area contributed by atoms with Gasteiger partial charge in [0, 0.05) is 49.0 Å². The van der Waals surface area contributed by atoms with Crippen LogP contribution in [0.25, 0.3) is 0 Å². The maximum atomic E-state index is 12.8. The largest absolute Gasteiger partial charge is 0.368 e. The number of hydrogen-bond donors (Lipinski definition) is 1. The van der Waals surface area contributed by atoms with Gasteiger partial charge in [-0.3, -0.25) is 9.59 Å². The number of rotatable bonds is 5. The smallest absolute Gasteiger partial charge is 0.253 e. The van der Waals surface area contributed by atoms with Crippen molar-refractivity contribution in [3.8, 4) is 0 Å². The van der Waals surface area contributed by atoms with Crippen LogP contribution in [-0.2, 0) is 0 Å². The Hall–Kier alpha value is -2.82. The van der Waals surface area contributed by atoms with Gasteiger partial charge in [0.15, 0.2) is 0 Å². The minimum Gasteiger partial charge on any atom is -0.368 e. The van der Waals surface area contributed by atoms with Crippen LogP contribution in [0.4, 0.5) is 5.69 Å². The predicted molar refractivity (Wildman–Crippen MR) is 108 cm³/mol. The van der Waals surface area contributed by atoms with Crippen LogP contribution in [0.3, 0.4) is 0 Å². The first-order valence-corrected chi connectivity index (χ1v) is 9.58. The van der Waals surface area contributed by atoms with Crippen molar-refractivity contribution in [1.82, 2.24) is 10.2 Å². The van der Waals surface area contributed by atoms with Gasteiger partial charge >= 0.3 is 0 Å². The molecule has 142 valence electrons. The molecule has 27 heavy (non-hydrogen) atoms. The molecule has 1 fully saturated rings. The molecule has 1 unspecified atom stereocenters. The van der Waals surface area contributed by atoms with Gasteiger partial charge in [0.1, 0.15) is 0 Å². The van der Waals surface area contributed by atoms with Gasteiger partial charge in [-0.1, -0.05) is 25.1 Å². The van der Waals surface area contributed by atoms with Crippen molar-refractivity contribution in [3.05, 3.63) is 65.7 Å². The van der Waals surface area contributed by atoms with Gasteiger partial charge < -0.3 is 15.1 Å². The molecular weight excluding hydrogens is 338 g/mol. The summed E-state index contributed by atoms with van der Waals surface area (Å²) in [7, 11) is 0. The number of piperazine rings is 1. The Morgan fingerprint density at radius 1 is 0.926 bits per heavy atom. The maximum Gasteiger partial charge on any atom is 0.253 e. The van der Waals surface area contributed by atoms with E-state index in [1.807, 2.05) is 36.9 Å². The van der Waals surface area contributed by atoms with Crippen LogP contribution in [-0.4, -0.2) is 48.9 Å². The number of para-hydroxylation sites is 1. The van der Waals surface area contributed by atoms with Crippen LogP contribution in [0.5, 0.6) is 0 Å². The molecule has 0 bridgehead atoms. The second-order valence-corrected chi connectivity index (χ2v) is 6.97. The number of benzene rings is 2. The Labute approximate surface area is 161 Å². The van der Waals surface area contributed by atoms with Crippen LogP contribution in [0.1, 0.15) is 41.0 Å². The Morgan fingerprint density at radius 2 is 1.52 bits per heavy atom. The standard InChI is InChI=1S/C22H27N3O2/c1-3-17(2)23-21(26)18-9-11-19(12-10-18)22(27)25-15-13-24(14-16-25)20-7-5-4-6-8-20/h4-12,17H,3,13-16H2,1-2H3,(H,23,26). The van der Waals surface area contributed by atoms with E-state index in [0.29, 0.717) is 24.2 Å². The van der Waals surface area contributed by atoms with Gasteiger partial charge in [0.05, 0.1) is 0 Å². The molecule has 1 heterocycles. The first-order chi connectivity index (χ1) is 13.1. The topological polar surface area (TPSA) is 52.7 Å². The highest BCUT2D eigenvalue weighted by atomic mass is 16.2. The third-order valence-electron chi connectivity index (χ3n) is 5.07. The fourth-order valence-corrected chi connectivity index (χ4v) is 3.16. The van der Waals surface area contributed by atoms with Gasteiger partial charge in [0.2, 0.25) is 0 Å². The molecule has 0 radical (unpaired) electrons. The summed E-state index contributed by atoms with van der Waals surface area (Å²) in [6.07, 6.45) is 0.886. The predicted octanol–water partition coefficient (Wildman–Crippen LogP) is 3.18. The molecule has 3 rings (SSSR count). The quantitative estimate of drug-likeness (QED) is 0.885. The first-order valence-electron chi connectivity index (χ1n) is 9.58. The van der Waals surface area contributed by atoms with Crippen molar-refractivity contribution >= 4 is 17.5 Å². The SMILES string of the molecule is CCC(C)NC(=O)c1ccc(C(=O)N2CCN(c3ccccc3)CC2)cc1. The molecule has 1 N–H and O–H groups in total. The van der Waals surface area contributed by atoms with Gasteiger partial charge in [-0.05, 0) is 49.7 Å². The first kappa shape index (κ1) is 19.0. The Kier molecular flexibility index (Phi) is 6.12. The van der Waals surface area contributed by atoms with E-state index >= 15 is 0 Å². The van der Waals surface area contributed by atoms with E-state index in [1.54, 1.807) is 24.3 Å². The average Bonchev–Trinajstić information content (AvgIpc) is 2.74. The molecular formula is C22H27N3O2. The third-order valence-corrected chi connectivity index (χ3v) is 5.07. The summed E-state index contributed by atoms with van der Waals surface area (Å²) in [6.45, 7) is 7.05. The highest BCUT2D eigenvalue weighted by Gasteiger charge is 2.22. The highest BCUT2D eigenvalue weighted by Crippen LogP contribution is 2.17. The lowest BCUT2D eigenvalue weighted by Crippen LogP contribution is -2.48. The number of carbonyl (C=O) groups excluding carboxylic acids is 2. The van der Waals surface area contributed by atoms with E-state index in [-0.39, 0.29) is 17.9 Å². The molecule has 2 amide bonds. The van der Waals surface area contributed by atoms with Crippen molar-refractivity contribution in [3.63, 3.8) is 0 Å². The second-order valence-electron chi connectivity index (χ2n) is 6.97. The molecule has 0 aromatic heterocycles. The molecule has 5 heteroatoms. The summed E-state index contributed by atoms with van der Waals surface area (Å²) in [6, 6.07) is 17.4. The van der Waals surface area contributed by atoms with E-state index in [2.05, 4.69) is 22.3 Å². The molecule has 0 aliphatic carbocycles. The van der Waals surface area contributed by atoms with Crippen LogP contribution in [0, 0.1) is 0 Å². The zero-order valence-corrected chi connectivity index (χ0v) is 16.0. The number of hydrogen-bond acceptors (Lipinski definition) is 3. The molecule has 5 nitrogen and oxygen atoms in total. The highest BCUT2D eigenvalue weighted by molar-refractivity contribution is 5.98. The fraction of sp³-hybridized carbons (Fsp3) is 0.364. The lowest BCUT2D eigenvalue weighted by Gasteiger charge is -2.36. The number of nitrogens with zero attached hydrogens (tertiary/aromatic N) is 2. The molecule has 1 aliphatic heterocycles. The van der Waals surface area contributed by atoms with Crippen LogP contribution < -0.4 is 10.2 Å². The average molecular weight is 365 g/mol. The van der Waals surface area contributed by atoms with Gasteiger partial charge in [-0.25, -0.2) is 0 Å². The van der Waals surface area contributed by atoms with Crippen molar-refractivity contribution in [2.24, 2.45) is 0 Å². The van der Waals surface area contributed by atoms with E-state index in [0.717, 1.165) is 19.5 Å². The van der Waals surface area contributed by atoms with E-state index in [1.165, 1.54) is 5.69 Å². The summed E-state index contributed by atoms with van der Waals surface area (Å²) in [5.41, 5.74) is 2.41. The van der Waals surface area contributed by atoms with Crippen LogP contribution in [0.2, 0.25) is 0 Å².